The van der Waals surface area contributed by atoms with E-state index in [2.05, 4.69) is 15.2 Å². The average molecular weight is 431 g/mol. The van der Waals surface area contributed by atoms with Gasteiger partial charge in [-0.3, -0.25) is 20.3 Å². The van der Waals surface area contributed by atoms with Gasteiger partial charge in [0.25, 0.3) is 15.7 Å². The van der Waals surface area contributed by atoms with E-state index in [-0.39, 0.29) is 16.3 Å². The van der Waals surface area contributed by atoms with Crippen LogP contribution in [-0.2, 0) is 10.0 Å². The SMILES string of the molecule is O=[N+]([O-])c1cc(S(=O)(=O)Nc2ccc(Cl)cc2)ccc1N/N=C\c1ccccc1. The van der Waals surface area contributed by atoms with Gasteiger partial charge in [0.15, 0.2) is 0 Å². The fourth-order valence-corrected chi connectivity index (χ4v) is 3.58. The zero-order valence-corrected chi connectivity index (χ0v) is 16.4. The molecule has 148 valence electrons. The van der Waals surface area contributed by atoms with Crippen molar-refractivity contribution in [2.75, 3.05) is 10.1 Å². The number of benzene rings is 3. The highest BCUT2D eigenvalue weighted by molar-refractivity contribution is 7.92. The van der Waals surface area contributed by atoms with Crippen molar-refractivity contribution in [2.24, 2.45) is 5.10 Å². The van der Waals surface area contributed by atoms with Crippen molar-refractivity contribution in [3.05, 3.63) is 93.5 Å². The van der Waals surface area contributed by atoms with Crippen LogP contribution in [0.5, 0.6) is 0 Å². The molecule has 0 aliphatic rings. The summed E-state index contributed by atoms with van der Waals surface area (Å²) >= 11 is 5.78. The first-order valence-corrected chi connectivity index (χ1v) is 10.1. The van der Waals surface area contributed by atoms with Crippen LogP contribution >= 0.6 is 11.6 Å². The average Bonchev–Trinajstić information content (AvgIpc) is 2.70. The second kappa shape index (κ2) is 8.72. The highest BCUT2D eigenvalue weighted by Crippen LogP contribution is 2.28. The lowest BCUT2D eigenvalue weighted by Gasteiger charge is -2.09. The first-order valence-electron chi connectivity index (χ1n) is 8.26. The van der Waals surface area contributed by atoms with Crippen molar-refractivity contribution < 1.29 is 13.3 Å². The molecular formula is C19H15ClN4O4S. The zero-order chi connectivity index (χ0) is 20.9. The topological polar surface area (TPSA) is 114 Å². The number of nitrogens with zero attached hydrogens (tertiary/aromatic N) is 2. The number of halogens is 1. The lowest BCUT2D eigenvalue weighted by molar-refractivity contribution is -0.384. The van der Waals surface area contributed by atoms with E-state index in [1.165, 1.54) is 42.6 Å². The second-order valence-electron chi connectivity index (χ2n) is 5.83. The Morgan fingerprint density at radius 1 is 1.00 bits per heavy atom. The van der Waals surface area contributed by atoms with Gasteiger partial charge in [0.2, 0.25) is 0 Å². The molecule has 0 amide bonds. The summed E-state index contributed by atoms with van der Waals surface area (Å²) in [6.07, 6.45) is 1.50. The van der Waals surface area contributed by atoms with Gasteiger partial charge in [-0.25, -0.2) is 8.42 Å². The molecule has 0 aromatic heterocycles. The number of nitro benzene ring substituents is 1. The summed E-state index contributed by atoms with van der Waals surface area (Å²) in [6.45, 7) is 0. The molecule has 0 aliphatic carbocycles. The van der Waals surface area contributed by atoms with E-state index in [4.69, 9.17) is 11.6 Å². The van der Waals surface area contributed by atoms with Crippen LogP contribution in [0, 0.1) is 10.1 Å². The number of rotatable bonds is 7. The largest absolute Gasteiger partial charge is 0.295 e. The minimum absolute atomic E-state index is 0.0626. The van der Waals surface area contributed by atoms with Gasteiger partial charge < -0.3 is 0 Å². The molecule has 0 heterocycles. The Morgan fingerprint density at radius 3 is 2.34 bits per heavy atom. The Morgan fingerprint density at radius 2 is 1.69 bits per heavy atom. The predicted octanol–water partition coefficient (Wildman–Crippen LogP) is 4.50. The van der Waals surface area contributed by atoms with Gasteiger partial charge >= 0.3 is 0 Å². The molecule has 8 nitrogen and oxygen atoms in total. The fraction of sp³-hybridized carbons (Fsp3) is 0. The van der Waals surface area contributed by atoms with Gasteiger partial charge in [-0.1, -0.05) is 41.9 Å². The molecule has 0 saturated carbocycles. The van der Waals surface area contributed by atoms with E-state index in [1.54, 1.807) is 0 Å². The third-order valence-corrected chi connectivity index (χ3v) is 5.40. The molecule has 0 atom stereocenters. The van der Waals surface area contributed by atoms with Crippen LogP contribution in [0.4, 0.5) is 17.1 Å². The summed E-state index contributed by atoms with van der Waals surface area (Å²) in [7, 11) is -4.03. The van der Waals surface area contributed by atoms with Crippen LogP contribution in [0.1, 0.15) is 5.56 Å². The van der Waals surface area contributed by atoms with Crippen molar-refractivity contribution >= 4 is 44.9 Å². The summed E-state index contributed by atoms with van der Waals surface area (Å²) in [5.41, 5.74) is 3.30. The second-order valence-corrected chi connectivity index (χ2v) is 7.95. The number of nitrogens with one attached hydrogen (secondary N) is 2. The number of sulfonamides is 1. The Bertz CT molecular complexity index is 1150. The molecule has 0 radical (unpaired) electrons. The van der Waals surface area contributed by atoms with Crippen LogP contribution in [0.25, 0.3) is 0 Å². The van der Waals surface area contributed by atoms with Gasteiger partial charge in [0, 0.05) is 16.8 Å². The maximum atomic E-state index is 12.6. The van der Waals surface area contributed by atoms with E-state index in [0.29, 0.717) is 5.02 Å². The van der Waals surface area contributed by atoms with Gasteiger partial charge in [-0.05, 0) is 42.0 Å². The summed E-state index contributed by atoms with van der Waals surface area (Å²) in [5.74, 6) is 0. The molecule has 2 N–H and O–H groups in total. The monoisotopic (exact) mass is 430 g/mol. The summed E-state index contributed by atoms with van der Waals surface area (Å²) in [5, 5.41) is 15.8. The molecule has 29 heavy (non-hydrogen) atoms. The molecule has 0 saturated heterocycles. The van der Waals surface area contributed by atoms with Crippen molar-refractivity contribution in [3.63, 3.8) is 0 Å². The van der Waals surface area contributed by atoms with Crippen molar-refractivity contribution in [1.29, 1.82) is 0 Å². The Labute approximate surface area is 172 Å². The lowest BCUT2D eigenvalue weighted by Crippen LogP contribution is -2.13. The highest BCUT2D eigenvalue weighted by atomic mass is 35.5. The number of hydrazone groups is 1. The van der Waals surface area contributed by atoms with Gasteiger partial charge in [-0.15, -0.1) is 0 Å². The third-order valence-electron chi connectivity index (χ3n) is 3.77. The Hall–Kier alpha value is -3.43. The molecule has 3 aromatic rings. The standard InChI is InChI=1S/C19H15ClN4O4S/c20-15-6-8-16(9-7-15)23-29(27,28)17-10-11-18(19(12-17)24(25)26)22-21-13-14-4-2-1-3-5-14/h1-13,22-23H/b21-13-. The highest BCUT2D eigenvalue weighted by Gasteiger charge is 2.21. The Kier molecular flexibility index (Phi) is 6.10. The van der Waals surface area contributed by atoms with Crippen LogP contribution < -0.4 is 10.1 Å². The molecule has 0 fully saturated rings. The summed E-state index contributed by atoms with van der Waals surface area (Å²) in [6, 6.07) is 18.7. The van der Waals surface area contributed by atoms with Crippen LogP contribution in [0.2, 0.25) is 5.02 Å². The predicted molar refractivity (Wildman–Crippen MR) is 113 cm³/mol. The number of anilines is 2. The van der Waals surface area contributed by atoms with Crippen molar-refractivity contribution in [2.45, 2.75) is 4.90 Å². The maximum Gasteiger partial charge on any atom is 0.295 e. The van der Waals surface area contributed by atoms with E-state index in [0.717, 1.165) is 11.6 Å². The Balaban J connectivity index is 1.84. The normalized spacial score (nSPS) is 11.3. The van der Waals surface area contributed by atoms with Crippen LogP contribution in [-0.4, -0.2) is 19.6 Å². The fourth-order valence-electron chi connectivity index (χ4n) is 2.37. The molecule has 0 spiro atoms. The quantitative estimate of drug-likeness (QED) is 0.325. The third kappa shape index (κ3) is 5.31. The first-order chi connectivity index (χ1) is 13.8. The van der Waals surface area contributed by atoms with E-state index in [9.17, 15) is 18.5 Å². The zero-order valence-electron chi connectivity index (χ0n) is 14.8. The molecule has 3 rings (SSSR count). The molecule has 10 heteroatoms. The van der Waals surface area contributed by atoms with Gasteiger partial charge in [0.05, 0.1) is 16.0 Å². The number of nitro groups is 1. The van der Waals surface area contributed by atoms with E-state index < -0.39 is 20.6 Å². The molecule has 0 aliphatic heterocycles. The minimum Gasteiger partial charge on any atom is -0.280 e. The summed E-state index contributed by atoms with van der Waals surface area (Å²) in [4.78, 5) is 10.5. The maximum absolute atomic E-state index is 12.6. The number of hydrogen-bond donors (Lipinski definition) is 2. The number of hydrogen-bond acceptors (Lipinski definition) is 6. The van der Waals surface area contributed by atoms with Crippen LogP contribution in [0.15, 0.2) is 82.8 Å². The summed E-state index contributed by atoms with van der Waals surface area (Å²) < 4.78 is 27.5. The molecule has 0 bridgehead atoms. The van der Waals surface area contributed by atoms with E-state index >= 15 is 0 Å². The smallest absolute Gasteiger partial charge is 0.280 e. The molecule has 0 unspecified atom stereocenters. The van der Waals surface area contributed by atoms with Gasteiger partial charge in [0.1, 0.15) is 5.69 Å². The van der Waals surface area contributed by atoms with Gasteiger partial charge in [-0.2, -0.15) is 5.10 Å². The lowest BCUT2D eigenvalue weighted by atomic mass is 10.2. The van der Waals surface area contributed by atoms with E-state index in [1.807, 2.05) is 30.3 Å². The molecule has 3 aromatic carbocycles. The van der Waals surface area contributed by atoms with Crippen molar-refractivity contribution in [1.82, 2.24) is 0 Å². The van der Waals surface area contributed by atoms with Crippen molar-refractivity contribution in [3.8, 4) is 0 Å². The van der Waals surface area contributed by atoms with Crippen LogP contribution in [0.3, 0.4) is 0 Å². The minimum atomic E-state index is -4.03. The first kappa shape index (κ1) is 20.3. The molecular weight excluding hydrogens is 416 g/mol.